The molecule has 0 atom stereocenters. The van der Waals surface area contributed by atoms with Gasteiger partial charge in [-0.15, -0.1) is 0 Å². The first-order chi connectivity index (χ1) is 10.2. The maximum Gasteiger partial charge on any atom is 0.253 e. The minimum absolute atomic E-state index is 0.151. The van der Waals surface area contributed by atoms with Gasteiger partial charge in [-0.05, 0) is 18.6 Å². The van der Waals surface area contributed by atoms with Crippen LogP contribution in [0.4, 0.5) is 10.1 Å². The predicted molar refractivity (Wildman–Crippen MR) is 80.6 cm³/mol. The molecule has 5 heteroatoms. The smallest absolute Gasteiger partial charge is 0.253 e. The summed E-state index contributed by atoms with van der Waals surface area (Å²) in [5.74, 6) is -0.597. The van der Waals surface area contributed by atoms with Crippen molar-refractivity contribution in [3.05, 3.63) is 59.7 Å². The van der Waals surface area contributed by atoms with Crippen LogP contribution in [0, 0.1) is 5.82 Å². The van der Waals surface area contributed by atoms with E-state index in [1.165, 1.54) is 12.3 Å². The van der Waals surface area contributed by atoms with Crippen LogP contribution in [0.3, 0.4) is 0 Å². The number of carbonyl (C=O) groups excluding carboxylic acids is 1. The van der Waals surface area contributed by atoms with Crippen molar-refractivity contribution in [1.29, 1.82) is 0 Å². The number of hydrogen-bond donors (Lipinski definition) is 2. The average molecular weight is 287 g/mol. The van der Waals surface area contributed by atoms with Crippen molar-refractivity contribution in [3.63, 3.8) is 0 Å². The van der Waals surface area contributed by atoms with Crippen LogP contribution in [0.5, 0.6) is 0 Å². The summed E-state index contributed by atoms with van der Waals surface area (Å²) in [6, 6.07) is 8.11. The third-order valence-corrected chi connectivity index (χ3v) is 2.98. The second-order valence-electron chi connectivity index (χ2n) is 4.66. The average Bonchev–Trinajstić information content (AvgIpc) is 2.52. The normalized spacial score (nSPS) is 10.2. The lowest BCUT2D eigenvalue weighted by atomic mass is 10.2. The largest absolute Gasteiger partial charge is 0.384 e. The van der Waals surface area contributed by atoms with Gasteiger partial charge < -0.3 is 10.6 Å². The third kappa shape index (κ3) is 4.27. The highest BCUT2D eigenvalue weighted by atomic mass is 19.1. The molecular formula is C16H18FN3O. The molecule has 4 nitrogen and oxygen atoms in total. The fraction of sp³-hybridized carbons (Fsp3) is 0.250. The maximum atomic E-state index is 13.5. The first-order valence-electron chi connectivity index (χ1n) is 6.91. The molecule has 0 aliphatic carbocycles. The third-order valence-electron chi connectivity index (χ3n) is 2.98. The van der Waals surface area contributed by atoms with E-state index in [1.807, 2.05) is 0 Å². The van der Waals surface area contributed by atoms with E-state index in [2.05, 4.69) is 22.5 Å². The quantitative estimate of drug-likeness (QED) is 0.859. The van der Waals surface area contributed by atoms with Crippen molar-refractivity contribution in [1.82, 2.24) is 10.3 Å². The summed E-state index contributed by atoms with van der Waals surface area (Å²) in [5, 5.41) is 5.86. The molecule has 0 aliphatic heterocycles. The molecule has 0 saturated heterocycles. The summed E-state index contributed by atoms with van der Waals surface area (Å²) in [6.07, 6.45) is 4.15. The Morgan fingerprint density at radius 2 is 2.10 bits per heavy atom. The molecule has 0 aliphatic rings. The predicted octanol–water partition coefficient (Wildman–Crippen LogP) is 2.97. The van der Waals surface area contributed by atoms with Crippen molar-refractivity contribution >= 4 is 11.6 Å². The van der Waals surface area contributed by atoms with E-state index < -0.39 is 0 Å². The van der Waals surface area contributed by atoms with Gasteiger partial charge in [-0.1, -0.05) is 25.1 Å². The number of benzene rings is 1. The Bertz CT molecular complexity index is 616. The van der Waals surface area contributed by atoms with Gasteiger partial charge in [0.1, 0.15) is 5.82 Å². The van der Waals surface area contributed by atoms with Gasteiger partial charge in [-0.2, -0.15) is 0 Å². The molecule has 0 fully saturated rings. The highest BCUT2D eigenvalue weighted by Gasteiger charge is 2.08. The molecule has 21 heavy (non-hydrogen) atoms. The number of halogens is 1. The Balaban J connectivity index is 1.98. The lowest BCUT2D eigenvalue weighted by molar-refractivity contribution is 0.0950. The van der Waals surface area contributed by atoms with Crippen LogP contribution in [-0.2, 0) is 6.54 Å². The maximum absolute atomic E-state index is 13.5. The van der Waals surface area contributed by atoms with Crippen LogP contribution >= 0.6 is 0 Å². The summed E-state index contributed by atoms with van der Waals surface area (Å²) < 4.78 is 13.5. The zero-order valence-electron chi connectivity index (χ0n) is 11.9. The van der Waals surface area contributed by atoms with E-state index in [-0.39, 0.29) is 18.3 Å². The number of nitrogens with one attached hydrogen (secondary N) is 2. The zero-order valence-corrected chi connectivity index (χ0v) is 11.9. The number of nitrogens with zero attached hydrogens (tertiary/aromatic N) is 1. The molecule has 0 spiro atoms. The van der Waals surface area contributed by atoms with Crippen molar-refractivity contribution in [2.24, 2.45) is 0 Å². The Morgan fingerprint density at radius 1 is 1.29 bits per heavy atom. The van der Waals surface area contributed by atoms with E-state index in [0.29, 0.717) is 11.1 Å². The number of anilines is 1. The van der Waals surface area contributed by atoms with Crippen LogP contribution < -0.4 is 10.6 Å². The van der Waals surface area contributed by atoms with E-state index in [4.69, 9.17) is 0 Å². The van der Waals surface area contributed by atoms with Gasteiger partial charge >= 0.3 is 0 Å². The molecule has 1 aromatic carbocycles. The fourth-order valence-corrected chi connectivity index (χ4v) is 1.85. The van der Waals surface area contributed by atoms with Crippen molar-refractivity contribution < 1.29 is 9.18 Å². The number of aromatic nitrogens is 1. The summed E-state index contributed by atoms with van der Waals surface area (Å²) in [7, 11) is 0. The molecule has 1 heterocycles. The first kappa shape index (κ1) is 15.0. The van der Waals surface area contributed by atoms with E-state index in [1.54, 1.807) is 30.5 Å². The number of hydrogen-bond acceptors (Lipinski definition) is 3. The van der Waals surface area contributed by atoms with Gasteiger partial charge in [0.2, 0.25) is 0 Å². The summed E-state index contributed by atoms with van der Waals surface area (Å²) in [5.41, 5.74) is 1.71. The zero-order chi connectivity index (χ0) is 15.1. The lowest BCUT2D eigenvalue weighted by Gasteiger charge is -2.08. The topological polar surface area (TPSA) is 54.0 Å². The van der Waals surface area contributed by atoms with Crippen LogP contribution in [0.25, 0.3) is 0 Å². The van der Waals surface area contributed by atoms with Crippen molar-refractivity contribution in [2.45, 2.75) is 19.9 Å². The summed E-state index contributed by atoms with van der Waals surface area (Å²) in [6.45, 7) is 3.03. The van der Waals surface area contributed by atoms with Crippen LogP contribution in [0.2, 0.25) is 0 Å². The van der Waals surface area contributed by atoms with E-state index in [9.17, 15) is 9.18 Å². The molecule has 110 valence electrons. The van der Waals surface area contributed by atoms with Crippen LogP contribution in [-0.4, -0.2) is 17.4 Å². The first-order valence-corrected chi connectivity index (χ1v) is 6.91. The Hall–Kier alpha value is -2.43. The lowest BCUT2D eigenvalue weighted by Crippen LogP contribution is -2.23. The van der Waals surface area contributed by atoms with E-state index in [0.717, 1.165) is 18.7 Å². The molecule has 2 aromatic rings. The number of amides is 1. The second kappa shape index (κ2) is 7.38. The molecule has 0 bridgehead atoms. The van der Waals surface area contributed by atoms with Gasteiger partial charge in [0.25, 0.3) is 5.91 Å². The van der Waals surface area contributed by atoms with Crippen molar-refractivity contribution in [2.75, 3.05) is 11.9 Å². The summed E-state index contributed by atoms with van der Waals surface area (Å²) in [4.78, 5) is 16.1. The van der Waals surface area contributed by atoms with Gasteiger partial charge in [0, 0.05) is 31.0 Å². The van der Waals surface area contributed by atoms with Crippen molar-refractivity contribution in [3.8, 4) is 0 Å². The monoisotopic (exact) mass is 287 g/mol. The fourth-order valence-electron chi connectivity index (χ4n) is 1.85. The summed E-state index contributed by atoms with van der Waals surface area (Å²) >= 11 is 0. The second-order valence-corrected chi connectivity index (χ2v) is 4.66. The highest BCUT2D eigenvalue weighted by molar-refractivity contribution is 5.94. The standard InChI is InChI=1S/C16H18FN3O/c1-2-7-19-14-8-13(9-18-11-14)16(21)20-10-12-5-3-4-6-15(12)17/h3-6,8-9,11,19H,2,7,10H2,1H3,(H,20,21). The number of pyridine rings is 1. The Morgan fingerprint density at radius 3 is 2.86 bits per heavy atom. The minimum Gasteiger partial charge on any atom is -0.384 e. The molecule has 0 radical (unpaired) electrons. The molecule has 1 amide bonds. The van der Waals surface area contributed by atoms with E-state index >= 15 is 0 Å². The molecule has 0 saturated carbocycles. The molecule has 1 aromatic heterocycles. The van der Waals surface area contributed by atoms with Crippen LogP contribution in [0.1, 0.15) is 29.3 Å². The van der Waals surface area contributed by atoms with Gasteiger partial charge in [-0.25, -0.2) is 4.39 Å². The number of rotatable bonds is 6. The SMILES string of the molecule is CCCNc1cncc(C(=O)NCc2ccccc2F)c1. The molecule has 0 unspecified atom stereocenters. The number of carbonyl (C=O) groups is 1. The highest BCUT2D eigenvalue weighted by Crippen LogP contribution is 2.10. The van der Waals surface area contributed by atoms with Gasteiger partial charge in [-0.3, -0.25) is 9.78 Å². The Kier molecular flexibility index (Phi) is 5.26. The Labute approximate surface area is 123 Å². The molecular weight excluding hydrogens is 269 g/mol. The van der Waals surface area contributed by atoms with Crippen LogP contribution in [0.15, 0.2) is 42.7 Å². The van der Waals surface area contributed by atoms with Gasteiger partial charge in [0.05, 0.1) is 11.3 Å². The van der Waals surface area contributed by atoms with Gasteiger partial charge in [0.15, 0.2) is 0 Å². The molecule has 2 N–H and O–H groups in total. The minimum atomic E-state index is -0.325. The molecule has 2 rings (SSSR count).